The topological polar surface area (TPSA) is 75.6 Å². The highest BCUT2D eigenvalue weighted by atomic mass is 16.6. The van der Waals surface area contributed by atoms with E-state index in [9.17, 15) is 4.79 Å². The molecule has 4 rings (SSSR count). The van der Waals surface area contributed by atoms with Crippen LogP contribution < -0.4 is 14.2 Å². The number of methoxy groups -OCH3 is 1. The van der Waals surface area contributed by atoms with Crippen LogP contribution in [0.15, 0.2) is 78.0 Å². The molecule has 176 valence electrons. The Morgan fingerprint density at radius 1 is 0.971 bits per heavy atom. The zero-order valence-corrected chi connectivity index (χ0v) is 19.2. The fourth-order valence-electron chi connectivity index (χ4n) is 3.70. The van der Waals surface area contributed by atoms with Crippen molar-refractivity contribution in [3.8, 4) is 17.2 Å². The summed E-state index contributed by atoms with van der Waals surface area (Å²) in [6.07, 6.45) is 0.308. The highest BCUT2D eigenvalue weighted by Gasteiger charge is 2.27. The number of hydrogen-bond donors (Lipinski definition) is 0. The van der Waals surface area contributed by atoms with Crippen molar-refractivity contribution in [3.05, 3.63) is 89.5 Å². The zero-order valence-electron chi connectivity index (χ0n) is 19.2. The van der Waals surface area contributed by atoms with Crippen molar-refractivity contribution < 1.29 is 28.6 Å². The molecule has 0 amide bonds. The first-order chi connectivity index (χ1) is 16.7. The van der Waals surface area contributed by atoms with Gasteiger partial charge in [0.15, 0.2) is 0 Å². The number of hydrogen-bond acceptors (Lipinski definition) is 7. The van der Waals surface area contributed by atoms with Crippen LogP contribution in [0.3, 0.4) is 0 Å². The Kier molecular flexibility index (Phi) is 7.65. The second kappa shape index (κ2) is 11.2. The monoisotopic (exact) mass is 461 g/mol. The van der Waals surface area contributed by atoms with Crippen LogP contribution in [0, 0.1) is 0 Å². The summed E-state index contributed by atoms with van der Waals surface area (Å²) in [6, 6.07) is 23.2. The summed E-state index contributed by atoms with van der Waals surface area (Å²) < 4.78 is 22.3. The Morgan fingerprint density at radius 2 is 1.74 bits per heavy atom. The number of carbonyl (C=O) groups is 1. The number of nitrogens with zero attached hydrogens (tertiary/aromatic N) is 1. The van der Waals surface area contributed by atoms with Crippen molar-refractivity contribution in [3.63, 3.8) is 0 Å². The van der Waals surface area contributed by atoms with Crippen LogP contribution in [0.4, 0.5) is 0 Å². The Hall–Kier alpha value is -4.00. The van der Waals surface area contributed by atoms with Crippen LogP contribution in [0.1, 0.15) is 29.0 Å². The second-order valence-corrected chi connectivity index (χ2v) is 7.80. The normalized spacial score (nSPS) is 14.6. The molecule has 3 aromatic rings. The third-order valence-corrected chi connectivity index (χ3v) is 5.52. The molecule has 0 aliphatic carbocycles. The minimum atomic E-state index is -0.239. The van der Waals surface area contributed by atoms with Gasteiger partial charge in [0, 0.05) is 23.1 Å². The Balaban J connectivity index is 1.30. The molecule has 1 unspecified atom stereocenters. The molecule has 0 saturated heterocycles. The van der Waals surface area contributed by atoms with Crippen LogP contribution in [0.2, 0.25) is 0 Å². The molecule has 7 heteroatoms. The zero-order chi connectivity index (χ0) is 23.8. The molecular formula is C27H27NO6. The van der Waals surface area contributed by atoms with Gasteiger partial charge in [0.1, 0.15) is 43.3 Å². The summed E-state index contributed by atoms with van der Waals surface area (Å²) in [5.41, 5.74) is 3.67. The van der Waals surface area contributed by atoms with Gasteiger partial charge in [-0.25, -0.2) is 0 Å². The van der Waals surface area contributed by atoms with Crippen LogP contribution in [0.5, 0.6) is 17.2 Å². The molecule has 1 aliphatic rings. The Labute approximate surface area is 198 Å². The number of fused-ring (bicyclic) bond motifs is 1. The lowest BCUT2D eigenvalue weighted by Gasteiger charge is -2.11. The van der Waals surface area contributed by atoms with E-state index in [4.69, 9.17) is 23.8 Å². The van der Waals surface area contributed by atoms with Crippen LogP contribution in [-0.2, 0) is 21.0 Å². The third-order valence-electron chi connectivity index (χ3n) is 5.52. The van der Waals surface area contributed by atoms with Gasteiger partial charge in [0.25, 0.3) is 0 Å². The van der Waals surface area contributed by atoms with Crippen LogP contribution in [0.25, 0.3) is 0 Å². The highest BCUT2D eigenvalue weighted by molar-refractivity contribution is 6.01. The number of oxime groups is 1. The van der Waals surface area contributed by atoms with Gasteiger partial charge in [0.05, 0.1) is 20.1 Å². The van der Waals surface area contributed by atoms with E-state index >= 15 is 0 Å². The fraction of sp³-hybridized carbons (Fsp3) is 0.259. The molecule has 1 aliphatic heterocycles. The van der Waals surface area contributed by atoms with Gasteiger partial charge in [-0.15, -0.1) is 0 Å². The van der Waals surface area contributed by atoms with Crippen molar-refractivity contribution in [1.82, 2.24) is 0 Å². The van der Waals surface area contributed by atoms with E-state index in [-0.39, 0.29) is 11.9 Å². The van der Waals surface area contributed by atoms with Gasteiger partial charge in [-0.3, -0.25) is 4.79 Å². The highest BCUT2D eigenvalue weighted by Crippen LogP contribution is 2.38. The molecule has 0 spiro atoms. The Morgan fingerprint density at radius 3 is 2.47 bits per heavy atom. The summed E-state index contributed by atoms with van der Waals surface area (Å²) in [7, 11) is 2.91. The molecular weight excluding hydrogens is 434 g/mol. The molecule has 1 atom stereocenters. The fourth-order valence-corrected chi connectivity index (χ4v) is 3.70. The molecule has 34 heavy (non-hydrogen) atoms. The minimum Gasteiger partial charge on any atom is -0.492 e. The van der Waals surface area contributed by atoms with E-state index in [1.54, 1.807) is 0 Å². The lowest BCUT2D eigenvalue weighted by Crippen LogP contribution is -2.13. The van der Waals surface area contributed by atoms with E-state index < -0.39 is 0 Å². The number of ether oxygens (including phenoxy) is 4. The number of rotatable bonds is 10. The maximum atomic E-state index is 11.6. The first-order valence-corrected chi connectivity index (χ1v) is 11.0. The van der Waals surface area contributed by atoms with Gasteiger partial charge in [-0.05, 0) is 23.8 Å². The van der Waals surface area contributed by atoms with Crippen molar-refractivity contribution >= 4 is 11.7 Å². The third kappa shape index (κ3) is 5.86. The summed E-state index contributed by atoms with van der Waals surface area (Å²) in [5.74, 6) is 1.96. The standard InChI is InChI=1S/C27H27NO6/c1-30-27(29)14-21-17-34-26-15-23(12-13-24(21)26)32-16-19-8-10-22(11-9-19)33-18-25(28-31-2)20-6-4-3-5-7-20/h3-13,15,21H,14,16-18H2,1-2H3. The van der Waals surface area contributed by atoms with E-state index in [0.717, 1.165) is 28.2 Å². The van der Waals surface area contributed by atoms with Gasteiger partial charge < -0.3 is 23.8 Å². The average Bonchev–Trinajstić information content (AvgIpc) is 3.28. The Bertz CT molecular complexity index is 1130. The largest absolute Gasteiger partial charge is 0.492 e. The predicted molar refractivity (Wildman–Crippen MR) is 128 cm³/mol. The number of esters is 1. The van der Waals surface area contributed by atoms with Gasteiger partial charge in [0.2, 0.25) is 0 Å². The van der Waals surface area contributed by atoms with Crippen LogP contribution >= 0.6 is 0 Å². The lowest BCUT2D eigenvalue weighted by atomic mass is 9.98. The maximum absolute atomic E-state index is 11.6. The maximum Gasteiger partial charge on any atom is 0.306 e. The first kappa shape index (κ1) is 23.2. The van der Waals surface area contributed by atoms with Crippen molar-refractivity contribution in [2.75, 3.05) is 27.4 Å². The van der Waals surface area contributed by atoms with E-state index in [2.05, 4.69) is 5.16 Å². The second-order valence-electron chi connectivity index (χ2n) is 7.80. The van der Waals surface area contributed by atoms with E-state index in [0.29, 0.717) is 37.7 Å². The average molecular weight is 462 g/mol. The predicted octanol–water partition coefficient (Wildman–Crippen LogP) is 4.73. The van der Waals surface area contributed by atoms with E-state index in [1.807, 2.05) is 72.8 Å². The molecule has 1 heterocycles. The molecule has 0 N–H and O–H groups in total. The van der Waals surface area contributed by atoms with Gasteiger partial charge >= 0.3 is 5.97 Å². The summed E-state index contributed by atoms with van der Waals surface area (Å²) in [6.45, 7) is 1.17. The quantitative estimate of drug-likeness (QED) is 0.247. The minimum absolute atomic E-state index is 0.0142. The number of carbonyl (C=O) groups excluding carboxylic acids is 1. The molecule has 0 aromatic heterocycles. The summed E-state index contributed by atoms with van der Waals surface area (Å²) >= 11 is 0. The lowest BCUT2D eigenvalue weighted by molar-refractivity contribution is -0.141. The van der Waals surface area contributed by atoms with Crippen LogP contribution in [-0.4, -0.2) is 39.1 Å². The molecule has 0 radical (unpaired) electrons. The molecule has 0 bridgehead atoms. The van der Waals surface area contributed by atoms with Crippen molar-refractivity contribution in [2.24, 2.45) is 5.16 Å². The molecule has 0 fully saturated rings. The molecule has 7 nitrogen and oxygen atoms in total. The van der Waals surface area contributed by atoms with E-state index in [1.165, 1.54) is 14.2 Å². The van der Waals surface area contributed by atoms with Crippen molar-refractivity contribution in [2.45, 2.75) is 18.9 Å². The molecule has 0 saturated carbocycles. The SMILES string of the molecule is CON=C(COc1ccc(COc2ccc3c(c2)OCC3CC(=O)OC)cc1)c1ccccc1. The number of benzene rings is 3. The molecule has 3 aromatic carbocycles. The van der Waals surface area contributed by atoms with Crippen molar-refractivity contribution in [1.29, 1.82) is 0 Å². The smallest absolute Gasteiger partial charge is 0.306 e. The van der Waals surface area contributed by atoms with Gasteiger partial charge in [-0.1, -0.05) is 53.7 Å². The summed E-state index contributed by atoms with van der Waals surface area (Å²) in [5, 5.41) is 4.08. The summed E-state index contributed by atoms with van der Waals surface area (Å²) in [4.78, 5) is 16.5. The van der Waals surface area contributed by atoms with Gasteiger partial charge in [-0.2, -0.15) is 0 Å². The first-order valence-electron chi connectivity index (χ1n) is 11.0.